The summed E-state index contributed by atoms with van der Waals surface area (Å²) in [5.74, 6) is -0.608. The largest absolute Gasteiger partial charge is 0.459 e. The topological polar surface area (TPSA) is 139 Å². The summed E-state index contributed by atoms with van der Waals surface area (Å²) in [4.78, 5) is 34.8. The third-order valence-corrected chi connectivity index (χ3v) is 11.4. The van der Waals surface area contributed by atoms with Crippen LogP contribution in [0, 0.1) is 23.7 Å². The highest BCUT2D eigenvalue weighted by Crippen LogP contribution is 2.62. The molecule has 2 aromatic carbocycles. The number of fused-ring (bicyclic) bond motifs is 2. The van der Waals surface area contributed by atoms with Gasteiger partial charge < -0.3 is 39.5 Å². The van der Waals surface area contributed by atoms with Gasteiger partial charge in [-0.3, -0.25) is 4.79 Å². The van der Waals surface area contributed by atoms with Gasteiger partial charge in [0.1, 0.15) is 24.7 Å². The second-order valence-corrected chi connectivity index (χ2v) is 15.0. The Kier molecular flexibility index (Phi) is 13.5. The van der Waals surface area contributed by atoms with Crippen LogP contribution in [0.4, 0.5) is 4.79 Å². The summed E-state index contributed by atoms with van der Waals surface area (Å²) in [6, 6.07) is 14.7. The van der Waals surface area contributed by atoms with Crippen molar-refractivity contribution < 1.29 is 38.9 Å². The summed E-state index contributed by atoms with van der Waals surface area (Å²) in [6.07, 6.45) is 11.0. The molecule has 3 N–H and O–H groups in total. The van der Waals surface area contributed by atoms with E-state index in [9.17, 15) is 19.8 Å². The second kappa shape index (κ2) is 18.4. The van der Waals surface area contributed by atoms with Crippen LogP contribution in [0.25, 0.3) is 0 Å². The van der Waals surface area contributed by atoms with Crippen molar-refractivity contribution in [2.24, 2.45) is 28.8 Å². The average Bonchev–Trinajstić information content (AvgIpc) is 4.04. The molecule has 11 heteroatoms. The fourth-order valence-electron chi connectivity index (χ4n) is 8.96. The Hall–Kier alpha value is -4.19. The molecule has 292 valence electrons. The molecule has 6 rings (SSSR count). The first-order chi connectivity index (χ1) is 26.4. The lowest BCUT2D eigenvalue weighted by Gasteiger charge is -2.60. The van der Waals surface area contributed by atoms with Crippen molar-refractivity contribution in [1.29, 1.82) is 0 Å². The summed E-state index contributed by atoms with van der Waals surface area (Å²) in [5.41, 5.74) is 3.59. The van der Waals surface area contributed by atoms with Crippen molar-refractivity contribution >= 4 is 17.7 Å². The van der Waals surface area contributed by atoms with Crippen LogP contribution in [-0.4, -0.2) is 78.1 Å². The number of hydrogen-bond donors (Lipinski definition) is 3. The van der Waals surface area contributed by atoms with E-state index < -0.39 is 23.8 Å². The fourth-order valence-corrected chi connectivity index (χ4v) is 8.96. The van der Waals surface area contributed by atoms with Crippen molar-refractivity contribution in [3.05, 3.63) is 84.0 Å². The summed E-state index contributed by atoms with van der Waals surface area (Å²) >= 11 is 0. The van der Waals surface area contributed by atoms with Crippen LogP contribution >= 0.6 is 0 Å². The summed E-state index contributed by atoms with van der Waals surface area (Å²) in [6.45, 7) is 7.36. The van der Waals surface area contributed by atoms with E-state index in [1.807, 2.05) is 47.4 Å². The van der Waals surface area contributed by atoms with Crippen LogP contribution in [0.1, 0.15) is 88.2 Å². The molecule has 2 aromatic rings. The number of unbranched alkanes of at least 4 members (excludes halogenated alkanes) is 2. The number of oxime groups is 1. The Labute approximate surface area is 319 Å². The predicted molar refractivity (Wildman–Crippen MR) is 206 cm³/mol. The third-order valence-electron chi connectivity index (χ3n) is 11.4. The van der Waals surface area contributed by atoms with Crippen LogP contribution in [0.5, 0.6) is 11.5 Å². The van der Waals surface area contributed by atoms with E-state index in [1.54, 1.807) is 19.3 Å². The molecule has 2 fully saturated rings. The monoisotopic (exact) mass is 743 g/mol. The van der Waals surface area contributed by atoms with Crippen LogP contribution < -0.4 is 14.8 Å². The molecule has 0 spiro atoms. The van der Waals surface area contributed by atoms with Gasteiger partial charge in [0, 0.05) is 50.1 Å². The first-order valence-corrected chi connectivity index (χ1v) is 19.8. The van der Waals surface area contributed by atoms with Gasteiger partial charge in [0.25, 0.3) is 0 Å². The lowest BCUT2D eigenvalue weighted by atomic mass is 9.55. The van der Waals surface area contributed by atoms with Gasteiger partial charge in [0.05, 0.1) is 18.2 Å². The van der Waals surface area contributed by atoms with Crippen molar-refractivity contribution in [3.63, 3.8) is 0 Å². The molecule has 4 aliphatic rings. The lowest BCUT2D eigenvalue weighted by Crippen LogP contribution is -2.70. The maximum absolute atomic E-state index is 14.2. The first-order valence-electron chi connectivity index (χ1n) is 19.8. The highest BCUT2D eigenvalue weighted by Gasteiger charge is 2.65. The fraction of sp³-hybridized carbons (Fsp3) is 0.558. The van der Waals surface area contributed by atoms with E-state index in [0.29, 0.717) is 43.9 Å². The molecular weight excluding hydrogens is 686 g/mol. The maximum atomic E-state index is 14.2. The molecular formula is C43H57N3O8. The zero-order valence-electron chi connectivity index (χ0n) is 31.8. The number of benzene rings is 2. The first kappa shape index (κ1) is 39.5. The Morgan fingerprint density at radius 3 is 2.52 bits per heavy atom. The van der Waals surface area contributed by atoms with Gasteiger partial charge in [-0.15, -0.1) is 6.58 Å². The molecule has 6 unspecified atom stereocenters. The number of carbonyl (C=O) groups is 2. The van der Waals surface area contributed by atoms with Crippen molar-refractivity contribution in [2.75, 3.05) is 33.5 Å². The zero-order chi connectivity index (χ0) is 38.1. The minimum absolute atomic E-state index is 0.0133. The number of rotatable bonds is 19. The number of amides is 2. The van der Waals surface area contributed by atoms with E-state index in [4.69, 9.17) is 19.0 Å². The Balaban J connectivity index is 1.49. The highest BCUT2D eigenvalue weighted by molar-refractivity contribution is 6.03. The van der Waals surface area contributed by atoms with Gasteiger partial charge in [-0.2, -0.15) is 0 Å². The van der Waals surface area contributed by atoms with Crippen LogP contribution in [0.15, 0.2) is 78.0 Å². The van der Waals surface area contributed by atoms with Crippen molar-refractivity contribution in [1.82, 2.24) is 10.2 Å². The van der Waals surface area contributed by atoms with E-state index in [1.165, 1.54) is 0 Å². The lowest BCUT2D eigenvalue weighted by molar-refractivity contribution is -0.257. The number of allylic oxidation sites excluding steroid dienone is 1. The number of aliphatic hydroxyl groups excluding tert-OH is 2. The molecule has 2 amide bonds. The molecule has 0 aromatic heterocycles. The van der Waals surface area contributed by atoms with E-state index in [2.05, 4.69) is 30.1 Å². The second-order valence-electron chi connectivity index (χ2n) is 15.0. The number of aliphatic hydroxyl groups is 2. The third kappa shape index (κ3) is 8.53. The quantitative estimate of drug-likeness (QED) is 0.0804. The van der Waals surface area contributed by atoms with Gasteiger partial charge in [-0.25, -0.2) is 4.79 Å². The zero-order valence-corrected chi connectivity index (χ0v) is 31.8. The normalized spacial score (nSPS) is 26.1. The molecule has 2 saturated carbocycles. The number of ether oxygens (including phenoxy) is 3. The summed E-state index contributed by atoms with van der Waals surface area (Å²) in [7, 11) is 1.55. The van der Waals surface area contributed by atoms with Gasteiger partial charge >= 0.3 is 6.09 Å². The van der Waals surface area contributed by atoms with Gasteiger partial charge in [-0.05, 0) is 86.1 Å². The molecule has 0 bridgehead atoms. The number of carbonyl (C=O) groups excluding carboxylic acids is 2. The van der Waals surface area contributed by atoms with Crippen LogP contribution in [0.3, 0.4) is 0 Å². The summed E-state index contributed by atoms with van der Waals surface area (Å²) < 4.78 is 20.1. The van der Waals surface area contributed by atoms with Crippen molar-refractivity contribution in [2.45, 2.75) is 95.4 Å². The number of hydrogen-bond acceptors (Lipinski definition) is 9. The minimum Gasteiger partial charge on any atom is -0.459 e. The SMILES string of the molecule is C=CCOC12Oc3ccc(OC(=O)NCc4ccccc4)cc3C3C(CCCCO)C(CCCCO)C=C(C(=NOC)CC1N(CCC)C(=O)C1CC1)C32. The van der Waals surface area contributed by atoms with E-state index in [0.717, 1.165) is 67.4 Å². The molecule has 3 aliphatic carbocycles. The van der Waals surface area contributed by atoms with Gasteiger partial charge in [0.2, 0.25) is 11.7 Å². The standard InChI is InChI=1S/C43H57N3O8/c1-4-21-46(41(49)30-17-18-30)38-27-36(45-51-3)34-25-31(15-9-11-22-47)33(16-10-12-23-48)39-35-26-32(53-42(50)44-28-29-13-7-6-8-14-29)19-20-37(35)54-43(38,40(34)39)52-24-5-2/h5-8,13-14,19-20,25-26,30-31,33,38-40,47-48H,2,4,9-12,15-18,21-24,27-28H2,1,3H3,(H,44,50). The molecule has 0 radical (unpaired) electrons. The number of nitrogens with one attached hydrogen (secondary N) is 1. The van der Waals surface area contributed by atoms with Crippen LogP contribution in [-0.2, 0) is 20.9 Å². The molecule has 0 saturated heterocycles. The summed E-state index contributed by atoms with van der Waals surface area (Å²) in [5, 5.41) is 27.1. The molecule has 6 atom stereocenters. The molecule has 1 heterocycles. The highest BCUT2D eigenvalue weighted by atomic mass is 16.7. The minimum atomic E-state index is -1.29. The Morgan fingerprint density at radius 1 is 1.07 bits per heavy atom. The van der Waals surface area contributed by atoms with E-state index >= 15 is 0 Å². The Morgan fingerprint density at radius 2 is 1.83 bits per heavy atom. The molecule has 1 aliphatic heterocycles. The molecule has 11 nitrogen and oxygen atoms in total. The molecule has 54 heavy (non-hydrogen) atoms. The number of nitrogens with zero attached hydrogens (tertiary/aromatic N) is 2. The van der Waals surface area contributed by atoms with E-state index in [-0.39, 0.29) is 49.4 Å². The average molecular weight is 744 g/mol. The van der Waals surface area contributed by atoms with Crippen molar-refractivity contribution in [3.8, 4) is 11.5 Å². The predicted octanol–water partition coefficient (Wildman–Crippen LogP) is 6.89. The van der Waals surface area contributed by atoms with Gasteiger partial charge in [-0.1, -0.05) is 67.4 Å². The van der Waals surface area contributed by atoms with Gasteiger partial charge in [0.15, 0.2) is 0 Å². The smallest absolute Gasteiger partial charge is 0.412 e. The Bertz CT molecular complexity index is 1660. The van der Waals surface area contributed by atoms with Crippen LogP contribution in [0.2, 0.25) is 0 Å². The maximum Gasteiger partial charge on any atom is 0.412 e.